The Kier molecular flexibility index (Phi) is 5.00. The fraction of sp³-hybridized carbons (Fsp3) is 0.647. The minimum Gasteiger partial charge on any atom is -0.319 e. The van der Waals surface area contributed by atoms with E-state index in [2.05, 4.69) is 56.4 Å². The summed E-state index contributed by atoms with van der Waals surface area (Å²) in [4.78, 5) is 2.56. The minimum absolute atomic E-state index is 0.565. The van der Waals surface area contributed by atoms with Crippen LogP contribution in [-0.4, -0.2) is 32.1 Å². The van der Waals surface area contributed by atoms with Crippen LogP contribution in [0.3, 0.4) is 0 Å². The molecule has 0 radical (unpaired) electrons. The number of hydrogen-bond donors (Lipinski definition) is 1. The van der Waals surface area contributed by atoms with Crippen molar-refractivity contribution in [1.82, 2.24) is 10.2 Å². The van der Waals surface area contributed by atoms with Crippen LogP contribution in [0.1, 0.15) is 42.0 Å². The average molecular weight is 260 g/mol. The smallest absolute Gasteiger partial charge is 0.0387 e. The molecule has 1 aromatic rings. The lowest BCUT2D eigenvalue weighted by Crippen LogP contribution is -2.34. The van der Waals surface area contributed by atoms with Gasteiger partial charge in [0.15, 0.2) is 0 Å². The van der Waals surface area contributed by atoms with E-state index < -0.39 is 0 Å². The number of nitrogens with one attached hydrogen (secondary N) is 1. The number of rotatable bonds is 3. The summed E-state index contributed by atoms with van der Waals surface area (Å²) in [6, 6.07) is 7.50. The van der Waals surface area contributed by atoms with Crippen molar-refractivity contribution in [3.63, 3.8) is 0 Å². The Labute approximate surface area is 118 Å². The molecule has 1 aliphatic heterocycles. The van der Waals surface area contributed by atoms with Crippen molar-refractivity contribution in [3.8, 4) is 0 Å². The van der Waals surface area contributed by atoms with Crippen LogP contribution in [0.15, 0.2) is 18.2 Å². The van der Waals surface area contributed by atoms with Gasteiger partial charge in [-0.1, -0.05) is 30.2 Å². The molecule has 1 N–H and O–H groups in total. The van der Waals surface area contributed by atoms with Gasteiger partial charge in [0.2, 0.25) is 0 Å². The predicted molar refractivity (Wildman–Crippen MR) is 82.6 cm³/mol. The van der Waals surface area contributed by atoms with Crippen molar-refractivity contribution in [2.45, 2.75) is 39.2 Å². The highest BCUT2D eigenvalue weighted by Crippen LogP contribution is 2.35. The van der Waals surface area contributed by atoms with Crippen LogP contribution in [-0.2, 0) is 0 Å². The van der Waals surface area contributed by atoms with E-state index in [1.54, 1.807) is 0 Å². The summed E-state index contributed by atoms with van der Waals surface area (Å²) in [7, 11) is 4.36. The summed E-state index contributed by atoms with van der Waals surface area (Å²) in [6.07, 6.45) is 4.03. The molecular weight excluding hydrogens is 232 g/mol. The largest absolute Gasteiger partial charge is 0.319 e. The first-order valence-corrected chi connectivity index (χ1v) is 7.55. The minimum atomic E-state index is 0.565. The van der Waals surface area contributed by atoms with E-state index in [1.165, 1.54) is 42.5 Å². The second-order valence-electron chi connectivity index (χ2n) is 6.10. The maximum absolute atomic E-state index is 3.39. The van der Waals surface area contributed by atoms with E-state index >= 15 is 0 Å². The summed E-state index contributed by atoms with van der Waals surface area (Å²) in [5.74, 6) is 0.721. The highest BCUT2D eigenvalue weighted by molar-refractivity contribution is 5.33. The van der Waals surface area contributed by atoms with E-state index in [-0.39, 0.29) is 0 Å². The van der Waals surface area contributed by atoms with Crippen LogP contribution in [0.4, 0.5) is 0 Å². The Bertz CT molecular complexity index is 414. The highest BCUT2D eigenvalue weighted by Gasteiger charge is 2.29. The molecule has 1 saturated heterocycles. The quantitative estimate of drug-likeness (QED) is 0.897. The van der Waals surface area contributed by atoms with Crippen LogP contribution < -0.4 is 5.32 Å². The lowest BCUT2D eigenvalue weighted by Gasteiger charge is -2.34. The first-order chi connectivity index (χ1) is 9.13. The van der Waals surface area contributed by atoms with Gasteiger partial charge in [-0.05, 0) is 70.9 Å². The standard InChI is InChI=1S/C17H28N2/c1-13-8-9-16(14(2)11-13)17-15(12-18-3)7-5-6-10-19(17)4/h8-9,11,15,17-18H,5-7,10,12H2,1-4H3. The third kappa shape index (κ3) is 3.37. The van der Waals surface area contributed by atoms with Crippen molar-refractivity contribution in [3.05, 3.63) is 34.9 Å². The SMILES string of the molecule is CNCC1CCCCN(C)C1c1ccc(C)cc1C. The summed E-state index contributed by atoms with van der Waals surface area (Å²) >= 11 is 0. The fourth-order valence-corrected chi connectivity index (χ4v) is 3.55. The van der Waals surface area contributed by atoms with Crippen LogP contribution in [0.5, 0.6) is 0 Å². The zero-order valence-electron chi connectivity index (χ0n) is 12.9. The van der Waals surface area contributed by atoms with Gasteiger partial charge in [-0.2, -0.15) is 0 Å². The van der Waals surface area contributed by atoms with Crippen molar-refractivity contribution in [1.29, 1.82) is 0 Å². The normalized spacial score (nSPS) is 25.3. The fourth-order valence-electron chi connectivity index (χ4n) is 3.55. The topological polar surface area (TPSA) is 15.3 Å². The van der Waals surface area contributed by atoms with Crippen molar-refractivity contribution in [2.24, 2.45) is 5.92 Å². The lowest BCUT2D eigenvalue weighted by atomic mass is 9.86. The van der Waals surface area contributed by atoms with Gasteiger partial charge < -0.3 is 5.32 Å². The predicted octanol–water partition coefficient (Wildman–Crippen LogP) is 3.30. The molecule has 2 unspecified atom stereocenters. The van der Waals surface area contributed by atoms with E-state index in [0.29, 0.717) is 6.04 Å². The first kappa shape index (κ1) is 14.5. The molecule has 1 aromatic carbocycles. The molecule has 2 atom stereocenters. The molecule has 106 valence electrons. The number of aryl methyl sites for hydroxylation is 2. The van der Waals surface area contributed by atoms with Gasteiger partial charge in [-0.25, -0.2) is 0 Å². The summed E-state index contributed by atoms with van der Waals surface area (Å²) in [6.45, 7) is 6.77. The van der Waals surface area contributed by atoms with Gasteiger partial charge in [-0.3, -0.25) is 4.90 Å². The van der Waals surface area contributed by atoms with E-state index in [9.17, 15) is 0 Å². The number of hydrogen-bond acceptors (Lipinski definition) is 2. The van der Waals surface area contributed by atoms with Gasteiger partial charge >= 0.3 is 0 Å². The number of likely N-dealkylation sites (tertiary alicyclic amines) is 1. The summed E-state index contributed by atoms with van der Waals surface area (Å²) < 4.78 is 0. The Balaban J connectivity index is 2.34. The number of nitrogens with zero attached hydrogens (tertiary/aromatic N) is 1. The molecule has 0 aliphatic carbocycles. The lowest BCUT2D eigenvalue weighted by molar-refractivity contribution is 0.190. The van der Waals surface area contributed by atoms with Crippen LogP contribution >= 0.6 is 0 Å². The molecule has 1 heterocycles. The summed E-state index contributed by atoms with van der Waals surface area (Å²) in [5.41, 5.74) is 4.33. The average Bonchev–Trinajstić information content (AvgIpc) is 2.53. The molecule has 2 nitrogen and oxygen atoms in total. The highest BCUT2D eigenvalue weighted by atomic mass is 15.1. The maximum atomic E-state index is 3.39. The third-order valence-electron chi connectivity index (χ3n) is 4.47. The molecule has 0 spiro atoms. The first-order valence-electron chi connectivity index (χ1n) is 7.55. The molecule has 2 rings (SSSR count). The molecule has 2 heteroatoms. The Hall–Kier alpha value is -0.860. The molecule has 1 fully saturated rings. The molecule has 0 bridgehead atoms. The Morgan fingerprint density at radius 1 is 1.26 bits per heavy atom. The van der Waals surface area contributed by atoms with Crippen LogP contribution in [0.2, 0.25) is 0 Å². The second kappa shape index (κ2) is 6.53. The zero-order chi connectivity index (χ0) is 13.8. The van der Waals surface area contributed by atoms with Gasteiger partial charge in [0, 0.05) is 6.04 Å². The van der Waals surface area contributed by atoms with E-state index in [4.69, 9.17) is 0 Å². The number of benzene rings is 1. The maximum Gasteiger partial charge on any atom is 0.0387 e. The van der Waals surface area contributed by atoms with Crippen molar-refractivity contribution >= 4 is 0 Å². The molecule has 1 aliphatic rings. The van der Waals surface area contributed by atoms with E-state index in [1.807, 2.05) is 0 Å². The molecular formula is C17H28N2. The van der Waals surface area contributed by atoms with Crippen LogP contribution in [0.25, 0.3) is 0 Å². The zero-order valence-corrected chi connectivity index (χ0v) is 12.9. The molecule has 0 aromatic heterocycles. The monoisotopic (exact) mass is 260 g/mol. The van der Waals surface area contributed by atoms with E-state index in [0.717, 1.165) is 12.5 Å². The van der Waals surface area contributed by atoms with Gasteiger partial charge in [0.05, 0.1) is 0 Å². The molecule has 19 heavy (non-hydrogen) atoms. The van der Waals surface area contributed by atoms with Crippen molar-refractivity contribution in [2.75, 3.05) is 27.2 Å². The summed E-state index contributed by atoms with van der Waals surface area (Å²) in [5, 5.41) is 3.39. The second-order valence-corrected chi connectivity index (χ2v) is 6.10. The van der Waals surface area contributed by atoms with Gasteiger partial charge in [0.25, 0.3) is 0 Å². The molecule has 0 saturated carbocycles. The van der Waals surface area contributed by atoms with Gasteiger partial charge in [0.1, 0.15) is 0 Å². The van der Waals surface area contributed by atoms with Crippen LogP contribution in [0, 0.1) is 19.8 Å². The molecule has 0 amide bonds. The Morgan fingerprint density at radius 2 is 2.05 bits per heavy atom. The third-order valence-corrected chi connectivity index (χ3v) is 4.47. The Morgan fingerprint density at radius 3 is 2.74 bits per heavy atom. The van der Waals surface area contributed by atoms with Crippen molar-refractivity contribution < 1.29 is 0 Å². The van der Waals surface area contributed by atoms with Gasteiger partial charge in [-0.15, -0.1) is 0 Å².